The fourth-order valence-corrected chi connectivity index (χ4v) is 18.7. The number of benzene rings is 18. The first-order valence-electron chi connectivity index (χ1n) is 51.2. The van der Waals surface area contributed by atoms with E-state index in [-0.39, 0.29) is 55.3 Å². The third-order valence-electron chi connectivity index (χ3n) is 24.3. The molecule has 0 amide bonds. The second-order valence-electron chi connectivity index (χ2n) is 32.5. The van der Waals surface area contributed by atoms with Crippen LogP contribution < -0.4 is 52.6 Å². The quantitative estimate of drug-likeness (QED) is 0.0920. The summed E-state index contributed by atoms with van der Waals surface area (Å²) in [6, 6.07) is 77.6. The van der Waals surface area contributed by atoms with Crippen molar-refractivity contribution in [2.24, 2.45) is 0 Å². The van der Waals surface area contributed by atoms with Gasteiger partial charge >= 0.3 is 0 Å². The van der Waals surface area contributed by atoms with Crippen LogP contribution in [-0.2, 0) is 5.41 Å². The van der Waals surface area contributed by atoms with Gasteiger partial charge in [-0.2, -0.15) is 5.26 Å². The fourth-order valence-electron chi connectivity index (χ4n) is 18.7. The van der Waals surface area contributed by atoms with Gasteiger partial charge in [-0.25, -0.2) is 4.85 Å². The van der Waals surface area contributed by atoms with Gasteiger partial charge in [0.2, 0.25) is 0 Å². The zero-order valence-corrected chi connectivity index (χ0v) is 67.8. The highest BCUT2D eigenvalue weighted by atomic mass is 16.5. The van der Waals surface area contributed by atoms with E-state index in [9.17, 15) is 32.7 Å². The first kappa shape index (κ1) is 55.7. The van der Waals surface area contributed by atoms with Gasteiger partial charge < -0.3 is 29.0 Å². The minimum atomic E-state index is -1.52. The second-order valence-corrected chi connectivity index (χ2v) is 32.5. The van der Waals surface area contributed by atoms with Crippen LogP contribution in [0.2, 0.25) is 0 Å². The summed E-state index contributed by atoms with van der Waals surface area (Å²) < 4.78 is 217. The molecule has 8 nitrogen and oxygen atoms in total. The van der Waals surface area contributed by atoms with E-state index in [1.807, 2.05) is 290 Å². The van der Waals surface area contributed by atoms with E-state index in [0.717, 1.165) is 31.4 Å². The molecule has 0 bridgehead atoms. The van der Waals surface area contributed by atoms with Gasteiger partial charge in [0.1, 0.15) is 11.5 Å². The van der Waals surface area contributed by atoms with E-state index >= 15 is 0 Å². The lowest BCUT2D eigenvalue weighted by atomic mass is 9.30. The van der Waals surface area contributed by atoms with Crippen LogP contribution in [0.15, 0.2) is 400 Å². The number of hydrogen-bond donors (Lipinski definition) is 1. The van der Waals surface area contributed by atoms with Crippen LogP contribution in [0, 0.1) is 24.8 Å². The molecule has 23 rings (SSSR count). The van der Waals surface area contributed by atoms with Gasteiger partial charge in [-0.1, -0.05) is 329 Å². The van der Waals surface area contributed by atoms with E-state index < -0.39 is 184 Å². The first-order valence-corrected chi connectivity index (χ1v) is 41.2. The average molecular weight is 1620 g/mol. The van der Waals surface area contributed by atoms with Gasteiger partial charge in [-0.15, -0.1) is 0 Å². The third kappa shape index (κ3) is 12.1. The van der Waals surface area contributed by atoms with E-state index in [2.05, 4.69) is 43.1 Å². The van der Waals surface area contributed by atoms with Gasteiger partial charge in [0.15, 0.2) is 5.69 Å². The molecule has 0 fully saturated rings. The Kier molecular flexibility index (Phi) is 13.2. The Bertz CT molecular complexity index is 9060. The van der Waals surface area contributed by atoms with Gasteiger partial charge in [-0.05, 0) is 192 Å². The molecule has 125 heavy (non-hydrogen) atoms. The molecule has 20 aromatic rings. The number of aromatic nitrogens is 2. The zero-order chi connectivity index (χ0) is 101. The van der Waals surface area contributed by atoms with Crippen LogP contribution in [0.5, 0.6) is 11.5 Å². The van der Waals surface area contributed by atoms with Crippen LogP contribution in [0.1, 0.15) is 64.9 Å². The Morgan fingerprint density at radius 2 is 0.840 bits per heavy atom. The summed E-state index contributed by atoms with van der Waals surface area (Å²) in [6.07, 6.45) is 0. The maximum Gasteiger partial charge on any atom is 0.256 e. The second kappa shape index (κ2) is 29.6. The smallest absolute Gasteiger partial charge is 0.256 e. The van der Waals surface area contributed by atoms with Gasteiger partial charge in [-0.3, -0.25) is 0 Å². The number of anilines is 8. The number of rotatable bonds is 13. The number of aryl methyl sites for hydroxylation is 1. The van der Waals surface area contributed by atoms with Crippen molar-refractivity contribution in [3.05, 3.63) is 428 Å². The van der Waals surface area contributed by atoms with Gasteiger partial charge in [0, 0.05) is 92.2 Å². The third-order valence-corrected chi connectivity index (χ3v) is 24.3. The molecule has 3 aliphatic rings. The van der Waals surface area contributed by atoms with Crippen molar-refractivity contribution in [2.45, 2.75) is 33.1 Å². The molecule has 586 valence electrons. The molecule has 0 radical (unpaired) electrons. The van der Waals surface area contributed by atoms with Crippen LogP contribution in [0.3, 0.4) is 0 Å². The molecule has 0 unspecified atom stereocenters. The van der Waals surface area contributed by atoms with Crippen LogP contribution in [-0.4, -0.2) is 22.6 Å². The van der Waals surface area contributed by atoms with Crippen molar-refractivity contribution in [3.8, 4) is 95.7 Å². The Balaban J connectivity index is 0.947. The molecule has 5 heterocycles. The summed E-state index contributed by atoms with van der Waals surface area (Å²) in [5.41, 5.74) is 8.67. The van der Waals surface area contributed by atoms with Crippen molar-refractivity contribution in [1.29, 1.82) is 5.26 Å². The number of nitrogens with zero attached hydrogens (tertiary/aromatic N) is 6. The first-order chi connectivity index (χ1) is 69.9. The Labute approximate surface area is 755 Å². The average Bonchev–Trinajstić information content (AvgIpc) is 1.59. The predicted octanol–water partition coefficient (Wildman–Crippen LogP) is 26.4. The predicted molar refractivity (Wildman–Crippen MR) is 524 cm³/mol. The Morgan fingerprint density at radius 1 is 0.384 bits per heavy atom. The molecule has 10 heteroatoms. The van der Waals surface area contributed by atoms with E-state index in [1.54, 1.807) is 0 Å². The fraction of sp³-hybridized carbons (Fsp3) is 0.0435. The summed E-state index contributed by atoms with van der Waals surface area (Å²) in [5, 5.41) is 13.6. The molecule has 2 aromatic heterocycles. The Hall–Kier alpha value is -16.1. The van der Waals surface area contributed by atoms with Gasteiger partial charge in [0.25, 0.3) is 13.4 Å². The number of nitrogens with one attached hydrogen (secondary N) is 1. The molecule has 0 aliphatic carbocycles. The van der Waals surface area contributed by atoms with Crippen molar-refractivity contribution in [3.63, 3.8) is 0 Å². The summed E-state index contributed by atoms with van der Waals surface area (Å²) in [7, 11) is 0. The number of hydrogen-bond acceptors (Lipinski definition) is 5. The van der Waals surface area contributed by atoms with Crippen LogP contribution >= 0.6 is 0 Å². The minimum Gasteiger partial charge on any atom is -0.459 e. The number of ether oxygens (including phenoxy) is 1. The molecule has 0 saturated heterocycles. The zero-order valence-electron chi connectivity index (χ0n) is 87.8. The van der Waals surface area contributed by atoms with Crippen LogP contribution in [0.4, 0.5) is 51.2 Å². The highest BCUT2D eigenvalue weighted by molar-refractivity contribution is 7.03. The lowest BCUT2D eigenvalue weighted by Gasteiger charge is -2.44. The van der Waals surface area contributed by atoms with Crippen molar-refractivity contribution in [2.75, 3.05) is 15.1 Å². The largest absolute Gasteiger partial charge is 0.459 e. The molecule has 1 N–H and O–H groups in total. The summed E-state index contributed by atoms with van der Waals surface area (Å²) in [5.74, 6) is 0.310. The summed E-state index contributed by atoms with van der Waals surface area (Å²) in [4.78, 5) is 7.38. The minimum absolute atomic E-state index is 0.0168. The number of fused-ring (bicyclic) bond motifs is 12. The maximum atomic E-state index is 12.1. The number of nitriles is 1. The van der Waals surface area contributed by atoms with Crippen molar-refractivity contribution >= 4 is 141 Å². The molecular weight excluding hydrogens is 1520 g/mol. The van der Waals surface area contributed by atoms with Crippen LogP contribution in [0.25, 0.3) is 127 Å². The van der Waals surface area contributed by atoms with E-state index in [1.165, 1.54) is 0 Å². The standard InChI is InChI=1S/C115H79B2N7O/c1-73-64-106-111-114(125-108-66-81(75-32-12-6-13-33-75)55-59-97(108)116(111)95-60-57-84(122-101-53-29-26-46-92(101)94-69-83(119-5)56-63-103(94)122)70-104(95)123(106)112-87(77-36-16-8-17-37-77)47-30-48-88(112)78-38-18-9-19-39-78)109(73)117-96-61-58-85(121-100-52-28-25-45-91(100)93-65-74(72-118)54-62-102(93)121)71-105(96)124(113-89(79-40-20-10-21-41-79)49-31-50-90(113)80-42-22-11-23-43-80)107-68-82(115(2,3)4)67-99(110(107)117)120-98-51-27-24-44-86(98)76-34-14-7-15-35-76/h6-71,120H,1-4H3/i25D,26D,28D,29D,45D,46D,52D,53D,54D,56D,57D,58D,60D,61D,62D,63D,65D,69D,70D,71D. The van der Waals surface area contributed by atoms with Crippen molar-refractivity contribution < 1.29 is 32.2 Å². The molecule has 0 saturated carbocycles. The lowest BCUT2D eigenvalue weighted by molar-refractivity contribution is 0.491. The SMILES string of the molecule is [2H]c1c([2H])c(-n2c3c([2H])c([2H])c([2H])c([2H])c3c3c([2H])c(C#N)c([2H])c([2H])c32)c([2H])c2c1B(c1c(C)cc3c4c1Oc1cc(-c5ccccc5)ccc1B4c1c([2H])c([2H])c(-n4c5c([2H])c([2H])c([2H])c([2H])c5c5c([2H])c([N+]#[C-])c([2H])c([2H])c54)c([2H])c1N3c1c(-c3ccccc3)cccc1-c1ccccc1)c1c(Nc3ccccc3-c3ccccc3)cc(C(C)(C)C)cc1N2c1c(-c2ccccc2)cccc1-c1ccccc1. The molecule has 0 spiro atoms. The normalized spacial score (nSPS) is 14.7. The van der Waals surface area contributed by atoms with Crippen molar-refractivity contribution in [1.82, 2.24) is 9.13 Å². The topological polar surface area (TPSA) is 65.8 Å². The Morgan fingerprint density at radius 3 is 1.36 bits per heavy atom. The van der Waals surface area contributed by atoms with Gasteiger partial charge in [0.05, 0.1) is 76.3 Å². The molecule has 3 aliphatic heterocycles. The summed E-state index contributed by atoms with van der Waals surface area (Å²) in [6.45, 7) is 13.6. The molecule has 0 atom stereocenters. The summed E-state index contributed by atoms with van der Waals surface area (Å²) >= 11 is 0. The monoisotopic (exact) mass is 1620 g/mol. The molecular formula is C115H79B2N7O. The highest BCUT2D eigenvalue weighted by Crippen LogP contribution is 2.54. The van der Waals surface area contributed by atoms with E-state index in [4.69, 9.17) is 11.3 Å². The maximum absolute atomic E-state index is 12.1. The lowest BCUT2D eigenvalue weighted by Crippen LogP contribution is -2.64. The number of para-hydroxylation sites is 5. The van der Waals surface area contributed by atoms with E-state index in [0.29, 0.717) is 112 Å². The molecule has 18 aromatic carbocycles. The highest BCUT2D eigenvalue weighted by Gasteiger charge is 2.49.